The Bertz CT molecular complexity index is 294. The number of likely N-dealkylation sites (tertiary alicyclic amines) is 1. The Morgan fingerprint density at radius 2 is 2.11 bits per heavy atom. The van der Waals surface area contributed by atoms with E-state index >= 15 is 0 Å². The molecule has 4 heteroatoms. The summed E-state index contributed by atoms with van der Waals surface area (Å²) in [7, 11) is 0. The highest BCUT2D eigenvalue weighted by molar-refractivity contribution is 5.82. The van der Waals surface area contributed by atoms with E-state index in [1.54, 1.807) is 0 Å². The van der Waals surface area contributed by atoms with Crippen molar-refractivity contribution in [2.45, 2.75) is 39.5 Å². The van der Waals surface area contributed by atoms with Crippen molar-refractivity contribution >= 4 is 5.91 Å². The minimum atomic E-state index is -0.190. The standard InChI is InChI=1S/C15H29N3O/c1-13(11-18-8-4-3-5-9-18)10-17-14(19)15(2)6-7-16-12-15/h13,16H,3-12H2,1-2H3,(H,17,19). The smallest absolute Gasteiger partial charge is 0.227 e. The van der Waals surface area contributed by atoms with E-state index in [-0.39, 0.29) is 11.3 Å². The Hall–Kier alpha value is -0.610. The molecule has 0 bridgehead atoms. The molecule has 2 atom stereocenters. The largest absolute Gasteiger partial charge is 0.355 e. The van der Waals surface area contributed by atoms with Crippen molar-refractivity contribution in [1.29, 1.82) is 0 Å². The minimum absolute atomic E-state index is 0.190. The molecular weight excluding hydrogens is 238 g/mol. The van der Waals surface area contributed by atoms with Crippen molar-refractivity contribution in [1.82, 2.24) is 15.5 Å². The van der Waals surface area contributed by atoms with Crippen LogP contribution in [-0.4, -0.2) is 50.1 Å². The molecule has 0 aromatic rings. The van der Waals surface area contributed by atoms with Crippen LogP contribution in [0.1, 0.15) is 39.5 Å². The molecule has 0 aromatic heterocycles. The average Bonchev–Trinajstić information content (AvgIpc) is 2.85. The van der Waals surface area contributed by atoms with Gasteiger partial charge in [-0.05, 0) is 51.7 Å². The number of nitrogens with one attached hydrogen (secondary N) is 2. The van der Waals surface area contributed by atoms with E-state index in [9.17, 15) is 4.79 Å². The lowest BCUT2D eigenvalue weighted by Gasteiger charge is -2.30. The van der Waals surface area contributed by atoms with Crippen molar-refractivity contribution in [3.63, 3.8) is 0 Å². The van der Waals surface area contributed by atoms with E-state index < -0.39 is 0 Å². The first-order chi connectivity index (χ1) is 9.10. The molecule has 0 aromatic carbocycles. The van der Waals surface area contributed by atoms with Crippen LogP contribution in [-0.2, 0) is 4.79 Å². The molecule has 110 valence electrons. The van der Waals surface area contributed by atoms with Gasteiger partial charge in [0.1, 0.15) is 0 Å². The zero-order chi connectivity index (χ0) is 13.7. The van der Waals surface area contributed by atoms with Gasteiger partial charge < -0.3 is 15.5 Å². The minimum Gasteiger partial charge on any atom is -0.355 e. The molecule has 2 heterocycles. The number of hydrogen-bond acceptors (Lipinski definition) is 3. The lowest BCUT2D eigenvalue weighted by Crippen LogP contribution is -2.44. The second-order valence-electron chi connectivity index (χ2n) is 6.66. The molecule has 1 amide bonds. The van der Waals surface area contributed by atoms with Crippen LogP contribution in [0.4, 0.5) is 0 Å². The molecule has 2 unspecified atom stereocenters. The Balaban J connectivity index is 1.67. The molecule has 0 saturated carbocycles. The molecule has 2 aliphatic heterocycles. The van der Waals surface area contributed by atoms with Crippen LogP contribution in [0.3, 0.4) is 0 Å². The highest BCUT2D eigenvalue weighted by atomic mass is 16.2. The van der Waals surface area contributed by atoms with Gasteiger partial charge in [-0.25, -0.2) is 0 Å². The quantitative estimate of drug-likeness (QED) is 0.787. The highest BCUT2D eigenvalue weighted by Gasteiger charge is 2.36. The predicted octanol–water partition coefficient (Wildman–Crippen LogP) is 1.22. The maximum absolute atomic E-state index is 12.2. The van der Waals surface area contributed by atoms with Gasteiger partial charge in [-0.3, -0.25) is 4.79 Å². The van der Waals surface area contributed by atoms with Gasteiger partial charge in [0.2, 0.25) is 5.91 Å². The summed E-state index contributed by atoms with van der Waals surface area (Å²) < 4.78 is 0. The number of amides is 1. The summed E-state index contributed by atoms with van der Waals surface area (Å²) in [6.45, 7) is 10.5. The molecule has 19 heavy (non-hydrogen) atoms. The van der Waals surface area contributed by atoms with Gasteiger partial charge >= 0.3 is 0 Å². The van der Waals surface area contributed by atoms with Crippen LogP contribution in [0.2, 0.25) is 0 Å². The van der Waals surface area contributed by atoms with E-state index in [2.05, 4.69) is 29.4 Å². The fourth-order valence-corrected chi connectivity index (χ4v) is 3.14. The van der Waals surface area contributed by atoms with Gasteiger partial charge in [0, 0.05) is 19.6 Å². The zero-order valence-corrected chi connectivity index (χ0v) is 12.5. The summed E-state index contributed by atoms with van der Waals surface area (Å²) in [4.78, 5) is 14.7. The Morgan fingerprint density at radius 3 is 2.74 bits per heavy atom. The van der Waals surface area contributed by atoms with Crippen molar-refractivity contribution in [3.8, 4) is 0 Å². The SMILES string of the molecule is CC(CNC(=O)C1(C)CCNC1)CN1CCCCC1. The van der Waals surface area contributed by atoms with Gasteiger partial charge in [0.05, 0.1) is 5.41 Å². The molecule has 0 aliphatic carbocycles. The third-order valence-corrected chi connectivity index (χ3v) is 4.55. The first kappa shape index (κ1) is 14.8. The topological polar surface area (TPSA) is 44.4 Å². The number of hydrogen-bond donors (Lipinski definition) is 2. The summed E-state index contributed by atoms with van der Waals surface area (Å²) >= 11 is 0. The average molecular weight is 267 g/mol. The van der Waals surface area contributed by atoms with Gasteiger partial charge in [0.25, 0.3) is 0 Å². The maximum Gasteiger partial charge on any atom is 0.227 e. The number of nitrogens with zero attached hydrogens (tertiary/aromatic N) is 1. The molecule has 0 spiro atoms. The Kier molecular flexibility index (Phi) is 5.22. The van der Waals surface area contributed by atoms with Crippen molar-refractivity contribution in [3.05, 3.63) is 0 Å². The summed E-state index contributed by atoms with van der Waals surface area (Å²) in [5.74, 6) is 0.767. The Labute approximate surface area is 117 Å². The lowest BCUT2D eigenvalue weighted by atomic mass is 9.88. The fourth-order valence-electron chi connectivity index (χ4n) is 3.14. The lowest BCUT2D eigenvalue weighted by molar-refractivity contribution is -0.129. The number of carbonyl (C=O) groups is 1. The second-order valence-corrected chi connectivity index (χ2v) is 6.66. The van der Waals surface area contributed by atoms with Crippen LogP contribution in [0.25, 0.3) is 0 Å². The monoisotopic (exact) mass is 267 g/mol. The van der Waals surface area contributed by atoms with Crippen molar-refractivity contribution in [2.24, 2.45) is 11.3 Å². The molecule has 2 N–H and O–H groups in total. The number of carbonyl (C=O) groups excluding carboxylic acids is 1. The Morgan fingerprint density at radius 1 is 1.37 bits per heavy atom. The zero-order valence-electron chi connectivity index (χ0n) is 12.5. The maximum atomic E-state index is 12.2. The van der Waals surface area contributed by atoms with Crippen LogP contribution >= 0.6 is 0 Å². The number of rotatable bonds is 5. The third-order valence-electron chi connectivity index (χ3n) is 4.55. The molecule has 0 radical (unpaired) electrons. The summed E-state index contributed by atoms with van der Waals surface area (Å²) in [6.07, 6.45) is 5.01. The summed E-state index contributed by atoms with van der Waals surface area (Å²) in [5.41, 5.74) is -0.190. The van der Waals surface area contributed by atoms with Crippen LogP contribution in [0.5, 0.6) is 0 Å². The van der Waals surface area contributed by atoms with Gasteiger partial charge in [0.15, 0.2) is 0 Å². The third kappa shape index (κ3) is 4.18. The van der Waals surface area contributed by atoms with Gasteiger partial charge in [-0.15, -0.1) is 0 Å². The normalized spacial score (nSPS) is 30.2. The van der Waals surface area contributed by atoms with Crippen molar-refractivity contribution in [2.75, 3.05) is 39.3 Å². The number of piperidine rings is 1. The molecule has 4 nitrogen and oxygen atoms in total. The van der Waals surface area contributed by atoms with E-state index in [1.807, 2.05) is 0 Å². The van der Waals surface area contributed by atoms with Gasteiger partial charge in [-0.1, -0.05) is 13.3 Å². The highest BCUT2D eigenvalue weighted by Crippen LogP contribution is 2.24. The predicted molar refractivity (Wildman–Crippen MR) is 78.1 cm³/mol. The molecule has 2 fully saturated rings. The van der Waals surface area contributed by atoms with Crippen LogP contribution in [0.15, 0.2) is 0 Å². The molecular formula is C15H29N3O. The van der Waals surface area contributed by atoms with E-state index in [4.69, 9.17) is 0 Å². The first-order valence-electron chi connectivity index (χ1n) is 7.81. The fraction of sp³-hybridized carbons (Fsp3) is 0.933. The van der Waals surface area contributed by atoms with E-state index in [0.717, 1.165) is 32.6 Å². The first-order valence-corrected chi connectivity index (χ1v) is 7.81. The summed E-state index contributed by atoms with van der Waals surface area (Å²) in [6, 6.07) is 0. The second kappa shape index (κ2) is 6.71. The van der Waals surface area contributed by atoms with Crippen LogP contribution < -0.4 is 10.6 Å². The molecule has 2 aliphatic rings. The van der Waals surface area contributed by atoms with Crippen LogP contribution in [0, 0.1) is 11.3 Å². The van der Waals surface area contributed by atoms with Gasteiger partial charge in [-0.2, -0.15) is 0 Å². The van der Waals surface area contributed by atoms with Crippen molar-refractivity contribution < 1.29 is 4.79 Å². The summed E-state index contributed by atoms with van der Waals surface area (Å²) in [5, 5.41) is 6.43. The van der Waals surface area contributed by atoms with E-state index in [1.165, 1.54) is 32.4 Å². The molecule has 2 saturated heterocycles. The van der Waals surface area contributed by atoms with E-state index in [0.29, 0.717) is 5.92 Å². The molecule has 2 rings (SSSR count).